The van der Waals surface area contributed by atoms with Crippen molar-refractivity contribution in [1.82, 2.24) is 0 Å². The summed E-state index contributed by atoms with van der Waals surface area (Å²) in [5.41, 5.74) is 9.75. The summed E-state index contributed by atoms with van der Waals surface area (Å²) in [6.45, 7) is 5.07. The quantitative estimate of drug-likeness (QED) is 0.864. The molecule has 2 aromatic rings. The summed E-state index contributed by atoms with van der Waals surface area (Å²) in [5.74, 6) is 0.454. The first kappa shape index (κ1) is 12.3. The van der Waals surface area contributed by atoms with Gasteiger partial charge in [0, 0.05) is 4.88 Å². The molecule has 0 amide bonds. The van der Waals surface area contributed by atoms with Crippen molar-refractivity contribution in [3.63, 3.8) is 0 Å². The second kappa shape index (κ2) is 5.48. The van der Waals surface area contributed by atoms with E-state index in [4.69, 9.17) is 5.73 Å². The lowest BCUT2D eigenvalue weighted by Gasteiger charge is -2.04. The lowest BCUT2D eigenvalue weighted by atomic mass is 10.0. The Morgan fingerprint density at radius 2 is 1.94 bits per heavy atom. The topological polar surface area (TPSA) is 26.0 Å². The normalized spacial score (nSPS) is 12.6. The van der Waals surface area contributed by atoms with Crippen molar-refractivity contribution in [1.29, 1.82) is 0 Å². The van der Waals surface area contributed by atoms with Crippen LogP contribution < -0.4 is 5.73 Å². The van der Waals surface area contributed by atoms with Gasteiger partial charge in [0.25, 0.3) is 0 Å². The molecule has 1 nitrogen and oxygen atoms in total. The molecule has 2 heteroatoms. The van der Waals surface area contributed by atoms with E-state index in [-0.39, 0.29) is 0 Å². The molecule has 0 saturated carbocycles. The summed E-state index contributed by atoms with van der Waals surface area (Å²) >= 11 is 1.80. The van der Waals surface area contributed by atoms with Crippen molar-refractivity contribution in [2.45, 2.75) is 26.2 Å². The maximum atomic E-state index is 5.69. The van der Waals surface area contributed by atoms with Crippen molar-refractivity contribution in [2.75, 3.05) is 6.54 Å². The van der Waals surface area contributed by atoms with Crippen LogP contribution in [0.3, 0.4) is 0 Å². The number of thiophene rings is 1. The monoisotopic (exact) mass is 245 g/mol. The SMILES string of the molecule is CCc1ccc(-c2cc(C(C)CN)cs2)cc1. The Hall–Kier alpha value is -1.12. The van der Waals surface area contributed by atoms with Crippen LogP contribution in [0, 0.1) is 0 Å². The van der Waals surface area contributed by atoms with Crippen molar-refractivity contribution in [3.8, 4) is 10.4 Å². The fraction of sp³-hybridized carbons (Fsp3) is 0.333. The van der Waals surface area contributed by atoms with Gasteiger partial charge >= 0.3 is 0 Å². The lowest BCUT2D eigenvalue weighted by molar-refractivity contribution is 0.778. The van der Waals surface area contributed by atoms with E-state index in [2.05, 4.69) is 49.6 Å². The molecule has 1 heterocycles. The number of nitrogens with two attached hydrogens (primary N) is 1. The highest BCUT2D eigenvalue weighted by atomic mass is 32.1. The summed E-state index contributed by atoms with van der Waals surface area (Å²) in [5, 5.41) is 2.22. The fourth-order valence-electron chi connectivity index (χ4n) is 1.80. The molecule has 1 unspecified atom stereocenters. The molecule has 0 saturated heterocycles. The Bertz CT molecular complexity index is 470. The molecule has 1 atom stereocenters. The second-order valence-corrected chi connectivity index (χ2v) is 5.34. The van der Waals surface area contributed by atoms with E-state index in [9.17, 15) is 0 Å². The van der Waals surface area contributed by atoms with Crippen molar-refractivity contribution >= 4 is 11.3 Å². The van der Waals surface area contributed by atoms with E-state index >= 15 is 0 Å². The minimum atomic E-state index is 0.454. The van der Waals surface area contributed by atoms with Crippen molar-refractivity contribution < 1.29 is 0 Å². The summed E-state index contributed by atoms with van der Waals surface area (Å²) in [4.78, 5) is 1.34. The van der Waals surface area contributed by atoms with E-state index in [1.807, 2.05) is 0 Å². The molecular formula is C15H19NS. The third kappa shape index (κ3) is 2.76. The van der Waals surface area contributed by atoms with Crippen LogP contribution in [0.2, 0.25) is 0 Å². The number of aryl methyl sites for hydroxylation is 1. The molecule has 0 spiro atoms. The first-order chi connectivity index (χ1) is 8.24. The molecule has 0 aliphatic rings. The largest absolute Gasteiger partial charge is 0.330 e. The number of rotatable bonds is 4. The van der Waals surface area contributed by atoms with Crippen LogP contribution in [0.5, 0.6) is 0 Å². The van der Waals surface area contributed by atoms with Crippen LogP contribution in [0.1, 0.15) is 30.9 Å². The molecule has 17 heavy (non-hydrogen) atoms. The minimum Gasteiger partial charge on any atom is -0.330 e. The number of hydrogen-bond donors (Lipinski definition) is 1. The van der Waals surface area contributed by atoms with Gasteiger partial charge in [-0.1, -0.05) is 38.1 Å². The molecule has 90 valence electrons. The van der Waals surface area contributed by atoms with Crippen LogP contribution >= 0.6 is 11.3 Å². The smallest absolute Gasteiger partial charge is 0.0345 e. The Balaban J connectivity index is 2.24. The van der Waals surface area contributed by atoms with Gasteiger partial charge in [-0.15, -0.1) is 11.3 Å². The van der Waals surface area contributed by atoms with Gasteiger partial charge in [0.05, 0.1) is 0 Å². The molecule has 0 aliphatic heterocycles. The fourth-order valence-corrected chi connectivity index (χ4v) is 2.84. The average Bonchev–Trinajstić information content (AvgIpc) is 2.87. The molecule has 2 N–H and O–H groups in total. The predicted octanol–water partition coefficient (Wildman–Crippen LogP) is 4.04. The summed E-state index contributed by atoms with van der Waals surface area (Å²) in [7, 11) is 0. The van der Waals surface area contributed by atoms with Gasteiger partial charge in [-0.25, -0.2) is 0 Å². The van der Waals surface area contributed by atoms with E-state index < -0.39 is 0 Å². The van der Waals surface area contributed by atoms with E-state index in [1.54, 1.807) is 11.3 Å². The molecule has 0 radical (unpaired) electrons. The summed E-state index contributed by atoms with van der Waals surface area (Å²) in [6.07, 6.45) is 1.10. The van der Waals surface area contributed by atoms with E-state index in [0.29, 0.717) is 12.5 Å². The first-order valence-electron chi connectivity index (χ1n) is 6.12. The predicted molar refractivity (Wildman–Crippen MR) is 76.6 cm³/mol. The third-order valence-electron chi connectivity index (χ3n) is 3.19. The standard InChI is InChI=1S/C15H19NS/c1-3-12-4-6-13(7-5-12)15-8-14(10-17-15)11(2)9-16/h4-8,10-11H,3,9,16H2,1-2H3. The van der Waals surface area contributed by atoms with Gasteiger partial charge in [-0.3, -0.25) is 0 Å². The maximum Gasteiger partial charge on any atom is 0.0345 e. The maximum absolute atomic E-state index is 5.69. The van der Waals surface area contributed by atoms with Gasteiger partial charge in [0.2, 0.25) is 0 Å². The Morgan fingerprint density at radius 3 is 2.53 bits per heavy atom. The molecule has 2 rings (SSSR count). The van der Waals surface area contributed by atoms with Gasteiger partial charge in [0.15, 0.2) is 0 Å². The van der Waals surface area contributed by atoms with Crippen LogP contribution in [0.25, 0.3) is 10.4 Å². The van der Waals surface area contributed by atoms with Gasteiger partial charge in [-0.05, 0) is 47.0 Å². The lowest BCUT2D eigenvalue weighted by Crippen LogP contribution is -2.07. The highest BCUT2D eigenvalue weighted by Crippen LogP contribution is 2.30. The van der Waals surface area contributed by atoms with Crippen LogP contribution in [-0.2, 0) is 6.42 Å². The van der Waals surface area contributed by atoms with Gasteiger partial charge in [0.1, 0.15) is 0 Å². The molecule has 1 aromatic heterocycles. The van der Waals surface area contributed by atoms with Gasteiger partial charge in [-0.2, -0.15) is 0 Å². The third-order valence-corrected chi connectivity index (χ3v) is 4.19. The molecule has 0 fully saturated rings. The second-order valence-electron chi connectivity index (χ2n) is 4.43. The van der Waals surface area contributed by atoms with Crippen molar-refractivity contribution in [2.24, 2.45) is 5.73 Å². The van der Waals surface area contributed by atoms with E-state index in [0.717, 1.165) is 6.42 Å². The van der Waals surface area contributed by atoms with Crippen LogP contribution in [0.4, 0.5) is 0 Å². The average molecular weight is 245 g/mol. The zero-order valence-corrected chi connectivity index (χ0v) is 11.3. The Morgan fingerprint density at radius 1 is 1.24 bits per heavy atom. The van der Waals surface area contributed by atoms with Crippen molar-refractivity contribution in [3.05, 3.63) is 46.8 Å². The molecular weight excluding hydrogens is 226 g/mol. The summed E-state index contributed by atoms with van der Waals surface area (Å²) < 4.78 is 0. The summed E-state index contributed by atoms with van der Waals surface area (Å²) in [6, 6.07) is 11.1. The minimum absolute atomic E-state index is 0.454. The molecule has 0 bridgehead atoms. The highest BCUT2D eigenvalue weighted by molar-refractivity contribution is 7.13. The number of benzene rings is 1. The Kier molecular flexibility index (Phi) is 3.97. The Labute approximate surface area is 107 Å². The van der Waals surface area contributed by atoms with Crippen LogP contribution in [-0.4, -0.2) is 6.54 Å². The zero-order chi connectivity index (χ0) is 12.3. The van der Waals surface area contributed by atoms with E-state index in [1.165, 1.54) is 21.6 Å². The highest BCUT2D eigenvalue weighted by Gasteiger charge is 2.07. The zero-order valence-electron chi connectivity index (χ0n) is 10.4. The number of hydrogen-bond acceptors (Lipinski definition) is 2. The van der Waals surface area contributed by atoms with Crippen LogP contribution in [0.15, 0.2) is 35.7 Å². The molecule has 0 aliphatic carbocycles. The molecule has 1 aromatic carbocycles. The van der Waals surface area contributed by atoms with Gasteiger partial charge < -0.3 is 5.73 Å². The first-order valence-corrected chi connectivity index (χ1v) is 7.00.